The van der Waals surface area contributed by atoms with Crippen molar-refractivity contribution in [2.45, 2.75) is 6.61 Å². The fraction of sp³-hybridized carbons (Fsp3) is 0.0769. The Morgan fingerprint density at radius 1 is 1.17 bits per heavy atom. The number of hydrogen-bond donors (Lipinski definition) is 1. The van der Waals surface area contributed by atoms with Crippen molar-refractivity contribution in [2.75, 3.05) is 0 Å². The van der Waals surface area contributed by atoms with Crippen molar-refractivity contribution in [1.29, 1.82) is 0 Å². The molecule has 0 aromatic heterocycles. The predicted molar refractivity (Wildman–Crippen MR) is 66.5 cm³/mol. The van der Waals surface area contributed by atoms with Crippen molar-refractivity contribution < 1.29 is 18.6 Å². The summed E-state index contributed by atoms with van der Waals surface area (Å²) in [5.41, 5.74) is 0.297. The summed E-state index contributed by atoms with van der Waals surface area (Å²) in [5.74, 6) is -1.06. The third-order valence-electron chi connectivity index (χ3n) is 2.32. The highest BCUT2D eigenvalue weighted by molar-refractivity contribution is 9.10. The molecule has 0 amide bonds. The van der Waals surface area contributed by atoms with E-state index < -0.39 is 11.6 Å². The molecule has 2 nitrogen and oxygen atoms in total. The van der Waals surface area contributed by atoms with Crippen LogP contribution < -0.4 is 4.74 Å². The van der Waals surface area contributed by atoms with Gasteiger partial charge in [-0.05, 0) is 34.1 Å². The van der Waals surface area contributed by atoms with Crippen LogP contribution in [-0.4, -0.2) is 5.11 Å². The molecule has 0 aliphatic heterocycles. The Morgan fingerprint density at radius 2 is 1.94 bits per heavy atom. The van der Waals surface area contributed by atoms with Crippen LogP contribution in [0.25, 0.3) is 0 Å². The molecule has 5 heteroatoms. The summed E-state index contributed by atoms with van der Waals surface area (Å²) in [6.07, 6.45) is 0. The van der Waals surface area contributed by atoms with E-state index in [4.69, 9.17) is 9.84 Å². The number of rotatable bonds is 3. The molecule has 0 saturated heterocycles. The van der Waals surface area contributed by atoms with Gasteiger partial charge in [-0.2, -0.15) is 0 Å². The molecule has 0 unspecified atom stereocenters. The van der Waals surface area contributed by atoms with E-state index in [0.29, 0.717) is 10.0 Å². The van der Waals surface area contributed by atoms with Crippen molar-refractivity contribution in [3.8, 4) is 11.5 Å². The first-order valence-corrected chi connectivity index (χ1v) is 5.92. The lowest BCUT2D eigenvalue weighted by Gasteiger charge is -2.11. The molecule has 0 fully saturated rings. The van der Waals surface area contributed by atoms with Crippen LogP contribution in [0.5, 0.6) is 11.5 Å². The SMILES string of the molecule is OCc1cccc(F)c1Oc1cc(F)ccc1Br. The highest BCUT2D eigenvalue weighted by atomic mass is 79.9. The second-order valence-electron chi connectivity index (χ2n) is 3.56. The van der Waals surface area contributed by atoms with Crippen molar-refractivity contribution in [3.05, 3.63) is 58.1 Å². The maximum atomic E-state index is 13.6. The van der Waals surface area contributed by atoms with Crippen molar-refractivity contribution in [1.82, 2.24) is 0 Å². The van der Waals surface area contributed by atoms with Gasteiger partial charge in [0.1, 0.15) is 11.6 Å². The van der Waals surface area contributed by atoms with Crippen LogP contribution in [0.1, 0.15) is 5.56 Å². The summed E-state index contributed by atoms with van der Waals surface area (Å²) in [7, 11) is 0. The van der Waals surface area contributed by atoms with Gasteiger partial charge in [-0.1, -0.05) is 12.1 Å². The van der Waals surface area contributed by atoms with E-state index in [2.05, 4.69) is 15.9 Å². The molecular formula is C13H9BrF2O2. The number of aliphatic hydroxyl groups is 1. The predicted octanol–water partition coefficient (Wildman–Crippen LogP) is 4.01. The first-order chi connectivity index (χ1) is 8.61. The molecule has 0 heterocycles. The average molecular weight is 315 g/mol. The fourth-order valence-electron chi connectivity index (χ4n) is 1.46. The lowest BCUT2D eigenvalue weighted by atomic mass is 10.2. The number of ether oxygens (including phenoxy) is 1. The molecule has 94 valence electrons. The molecule has 0 radical (unpaired) electrons. The van der Waals surface area contributed by atoms with E-state index in [1.165, 1.54) is 30.3 Å². The number of halogens is 3. The molecule has 18 heavy (non-hydrogen) atoms. The number of benzene rings is 2. The van der Waals surface area contributed by atoms with E-state index in [1.54, 1.807) is 0 Å². The summed E-state index contributed by atoms with van der Waals surface area (Å²) < 4.78 is 32.5. The Balaban J connectivity index is 2.42. The molecule has 2 rings (SSSR count). The van der Waals surface area contributed by atoms with E-state index >= 15 is 0 Å². The standard InChI is InChI=1S/C13H9BrF2O2/c14-10-5-4-9(15)6-12(10)18-13-8(7-17)2-1-3-11(13)16/h1-6,17H,7H2. The first-order valence-electron chi connectivity index (χ1n) is 5.13. The number of aliphatic hydroxyl groups excluding tert-OH is 1. The quantitative estimate of drug-likeness (QED) is 0.927. The molecule has 0 saturated carbocycles. The molecule has 1 N–H and O–H groups in total. The summed E-state index contributed by atoms with van der Waals surface area (Å²) in [4.78, 5) is 0. The van der Waals surface area contributed by atoms with Crippen molar-refractivity contribution in [2.24, 2.45) is 0 Å². The number of para-hydroxylation sites is 1. The minimum Gasteiger partial charge on any atom is -0.453 e. The van der Waals surface area contributed by atoms with Crippen molar-refractivity contribution >= 4 is 15.9 Å². The van der Waals surface area contributed by atoms with Crippen LogP contribution in [-0.2, 0) is 6.61 Å². The van der Waals surface area contributed by atoms with Gasteiger partial charge in [0.05, 0.1) is 11.1 Å². The van der Waals surface area contributed by atoms with Gasteiger partial charge < -0.3 is 9.84 Å². The van der Waals surface area contributed by atoms with E-state index in [0.717, 1.165) is 6.07 Å². The maximum absolute atomic E-state index is 13.6. The Labute approximate surface area is 111 Å². The Morgan fingerprint density at radius 3 is 2.67 bits per heavy atom. The lowest BCUT2D eigenvalue weighted by Crippen LogP contribution is -1.96. The number of hydrogen-bond acceptors (Lipinski definition) is 2. The van der Waals surface area contributed by atoms with Crippen LogP contribution in [0.15, 0.2) is 40.9 Å². The van der Waals surface area contributed by atoms with Gasteiger partial charge in [-0.3, -0.25) is 0 Å². The molecule has 2 aromatic carbocycles. The topological polar surface area (TPSA) is 29.5 Å². The third kappa shape index (κ3) is 2.68. The largest absolute Gasteiger partial charge is 0.453 e. The Bertz CT molecular complexity index is 573. The molecule has 0 spiro atoms. The zero-order chi connectivity index (χ0) is 13.1. The molecule has 0 aliphatic rings. The van der Waals surface area contributed by atoms with Gasteiger partial charge in [0, 0.05) is 11.6 Å². The normalized spacial score (nSPS) is 10.4. The van der Waals surface area contributed by atoms with Gasteiger partial charge in [-0.15, -0.1) is 0 Å². The van der Waals surface area contributed by atoms with Crippen LogP contribution in [0.2, 0.25) is 0 Å². The summed E-state index contributed by atoms with van der Waals surface area (Å²) >= 11 is 3.18. The van der Waals surface area contributed by atoms with Crippen LogP contribution in [0.4, 0.5) is 8.78 Å². The fourth-order valence-corrected chi connectivity index (χ4v) is 1.79. The molecular weight excluding hydrogens is 306 g/mol. The summed E-state index contributed by atoms with van der Waals surface area (Å²) in [6.45, 7) is -0.361. The van der Waals surface area contributed by atoms with Gasteiger partial charge in [0.25, 0.3) is 0 Å². The molecule has 2 aromatic rings. The van der Waals surface area contributed by atoms with Gasteiger partial charge in [0.15, 0.2) is 11.6 Å². The Kier molecular flexibility index (Phi) is 3.93. The van der Waals surface area contributed by atoms with Crippen LogP contribution >= 0.6 is 15.9 Å². The van der Waals surface area contributed by atoms with E-state index in [9.17, 15) is 8.78 Å². The zero-order valence-corrected chi connectivity index (χ0v) is 10.7. The summed E-state index contributed by atoms with van der Waals surface area (Å²) in [5, 5.41) is 9.11. The second-order valence-corrected chi connectivity index (χ2v) is 4.42. The highest BCUT2D eigenvalue weighted by Crippen LogP contribution is 2.33. The van der Waals surface area contributed by atoms with Gasteiger partial charge in [0.2, 0.25) is 0 Å². The highest BCUT2D eigenvalue weighted by Gasteiger charge is 2.12. The molecule has 0 aliphatic carbocycles. The van der Waals surface area contributed by atoms with Gasteiger partial charge in [-0.25, -0.2) is 8.78 Å². The summed E-state index contributed by atoms with van der Waals surface area (Å²) in [6, 6.07) is 8.06. The van der Waals surface area contributed by atoms with Crippen molar-refractivity contribution in [3.63, 3.8) is 0 Å². The minimum absolute atomic E-state index is 0.105. The van der Waals surface area contributed by atoms with Gasteiger partial charge >= 0.3 is 0 Å². The smallest absolute Gasteiger partial charge is 0.168 e. The van der Waals surface area contributed by atoms with E-state index in [-0.39, 0.29) is 18.1 Å². The molecule has 0 bridgehead atoms. The minimum atomic E-state index is -0.613. The third-order valence-corrected chi connectivity index (χ3v) is 2.98. The van der Waals surface area contributed by atoms with Crippen LogP contribution in [0.3, 0.4) is 0 Å². The first kappa shape index (κ1) is 13.0. The second kappa shape index (κ2) is 5.46. The maximum Gasteiger partial charge on any atom is 0.168 e. The van der Waals surface area contributed by atoms with Crippen LogP contribution in [0, 0.1) is 11.6 Å². The molecule has 0 atom stereocenters. The van der Waals surface area contributed by atoms with E-state index in [1.807, 2.05) is 0 Å². The lowest BCUT2D eigenvalue weighted by molar-refractivity contribution is 0.274. The average Bonchev–Trinajstić information content (AvgIpc) is 2.36. The monoisotopic (exact) mass is 314 g/mol. The zero-order valence-electron chi connectivity index (χ0n) is 9.16. The Hall–Kier alpha value is -1.46.